The van der Waals surface area contributed by atoms with Gasteiger partial charge in [-0.05, 0) is 42.7 Å². The van der Waals surface area contributed by atoms with E-state index in [1.54, 1.807) is 30.6 Å². The van der Waals surface area contributed by atoms with Crippen molar-refractivity contribution in [3.05, 3.63) is 52.5 Å². The van der Waals surface area contributed by atoms with E-state index >= 15 is 0 Å². The number of hydrogen-bond acceptors (Lipinski definition) is 4. The van der Waals surface area contributed by atoms with Gasteiger partial charge in [0, 0.05) is 32.9 Å². The molecule has 0 spiro atoms. The number of urea groups is 1. The number of amides is 2. The van der Waals surface area contributed by atoms with Crippen molar-refractivity contribution in [1.82, 2.24) is 4.90 Å². The zero-order valence-corrected chi connectivity index (χ0v) is 17.2. The van der Waals surface area contributed by atoms with Gasteiger partial charge in [-0.25, -0.2) is 4.79 Å². The van der Waals surface area contributed by atoms with Crippen molar-refractivity contribution in [2.45, 2.75) is 10.3 Å². The van der Waals surface area contributed by atoms with Crippen LogP contribution in [0.3, 0.4) is 0 Å². The van der Waals surface area contributed by atoms with Gasteiger partial charge in [-0.2, -0.15) is 0 Å². The fraction of sp³-hybridized carbons (Fsp3) is 0.278. The van der Waals surface area contributed by atoms with Crippen molar-refractivity contribution in [3.8, 4) is 5.75 Å². The van der Waals surface area contributed by atoms with Gasteiger partial charge in [0.1, 0.15) is 11.1 Å². The molecule has 1 aliphatic heterocycles. The van der Waals surface area contributed by atoms with Gasteiger partial charge in [0.2, 0.25) is 0 Å². The van der Waals surface area contributed by atoms with Crippen LogP contribution in [0.25, 0.3) is 0 Å². The number of carbonyl (C=O) groups excluding carboxylic acids is 1. The zero-order valence-electron chi connectivity index (χ0n) is 14.0. The van der Waals surface area contributed by atoms with Gasteiger partial charge in [-0.15, -0.1) is 23.5 Å². The van der Waals surface area contributed by atoms with Crippen LogP contribution in [0.15, 0.2) is 51.8 Å². The smallest absolute Gasteiger partial charge is 0.323 e. The minimum Gasteiger partial charge on any atom is -0.496 e. The van der Waals surface area contributed by atoms with Crippen LogP contribution in [-0.2, 0) is 0 Å². The number of ether oxygens (including phenoxy) is 1. The molecule has 2 aromatic carbocycles. The van der Waals surface area contributed by atoms with E-state index in [0.29, 0.717) is 6.54 Å². The largest absolute Gasteiger partial charge is 0.496 e. The van der Waals surface area contributed by atoms with E-state index in [-0.39, 0.29) is 11.4 Å². The fourth-order valence-corrected chi connectivity index (χ4v) is 4.84. The maximum atomic E-state index is 12.8. The number of anilines is 1. The molecule has 25 heavy (non-hydrogen) atoms. The van der Waals surface area contributed by atoms with Gasteiger partial charge in [-0.1, -0.05) is 22.0 Å². The molecular formula is C18H19BrN2O2S2. The first-order valence-electron chi connectivity index (χ1n) is 7.79. The van der Waals surface area contributed by atoms with Crippen LogP contribution in [0, 0.1) is 0 Å². The van der Waals surface area contributed by atoms with Crippen LogP contribution in [-0.4, -0.2) is 36.6 Å². The molecular weight excluding hydrogens is 420 g/mol. The van der Waals surface area contributed by atoms with E-state index in [4.69, 9.17) is 4.74 Å². The summed E-state index contributed by atoms with van der Waals surface area (Å²) in [5.41, 5.74) is 1.82. The number of nitrogens with zero attached hydrogens (tertiary/aromatic N) is 1. The second-order valence-electron chi connectivity index (χ2n) is 5.46. The Morgan fingerprint density at radius 3 is 2.96 bits per heavy atom. The monoisotopic (exact) mass is 438 g/mol. The number of nitrogens with one attached hydrogen (secondary N) is 1. The lowest BCUT2D eigenvalue weighted by atomic mass is 10.2. The predicted octanol–water partition coefficient (Wildman–Crippen LogP) is 5.46. The maximum absolute atomic E-state index is 12.8. The maximum Gasteiger partial charge on any atom is 0.323 e. The summed E-state index contributed by atoms with van der Waals surface area (Å²) < 4.78 is 6.47. The van der Waals surface area contributed by atoms with Gasteiger partial charge in [0.25, 0.3) is 0 Å². The summed E-state index contributed by atoms with van der Waals surface area (Å²) in [6, 6.07) is 13.7. The zero-order chi connectivity index (χ0) is 17.8. The Kier molecular flexibility index (Phi) is 6.19. The number of thioether (sulfide) groups is 2. The highest BCUT2D eigenvalue weighted by atomic mass is 79.9. The first kappa shape index (κ1) is 18.5. The van der Waals surface area contributed by atoms with E-state index in [2.05, 4.69) is 21.2 Å². The Morgan fingerprint density at radius 2 is 2.20 bits per heavy atom. The summed E-state index contributed by atoms with van der Waals surface area (Å²) >= 11 is 6.92. The van der Waals surface area contributed by atoms with Crippen molar-refractivity contribution >= 4 is 51.2 Å². The molecule has 7 heteroatoms. The summed E-state index contributed by atoms with van der Waals surface area (Å²) in [4.78, 5) is 15.8. The van der Waals surface area contributed by atoms with Crippen LogP contribution in [0.2, 0.25) is 0 Å². The van der Waals surface area contributed by atoms with Crippen LogP contribution in [0.5, 0.6) is 5.75 Å². The topological polar surface area (TPSA) is 41.6 Å². The third-order valence-corrected chi connectivity index (χ3v) is 6.39. The molecule has 1 unspecified atom stereocenters. The molecule has 1 atom stereocenters. The molecule has 0 bridgehead atoms. The highest BCUT2D eigenvalue weighted by Crippen LogP contribution is 2.43. The van der Waals surface area contributed by atoms with Gasteiger partial charge in [0.15, 0.2) is 0 Å². The standard InChI is InChI=1S/C18H19BrN2O2S2/c1-23-16-7-6-12(19)10-15(16)17-21(8-9-25-17)18(22)20-13-4-3-5-14(11-13)24-2/h3-7,10-11,17H,8-9H2,1-2H3,(H,20,22). The molecule has 2 aromatic rings. The molecule has 0 aliphatic carbocycles. The Labute approximate surface area is 164 Å². The minimum atomic E-state index is -0.0877. The summed E-state index contributed by atoms with van der Waals surface area (Å²) in [5, 5.41) is 2.96. The number of hydrogen-bond donors (Lipinski definition) is 1. The van der Waals surface area contributed by atoms with E-state index in [9.17, 15) is 4.79 Å². The average molecular weight is 439 g/mol. The number of rotatable bonds is 4. The Bertz CT molecular complexity index is 772. The van der Waals surface area contributed by atoms with Crippen molar-refractivity contribution in [2.75, 3.05) is 31.0 Å². The molecule has 0 radical (unpaired) electrons. The Balaban J connectivity index is 1.81. The number of benzene rings is 2. The minimum absolute atomic E-state index is 0.0591. The first-order valence-corrected chi connectivity index (χ1v) is 10.9. The molecule has 1 aliphatic rings. The lowest BCUT2D eigenvalue weighted by Gasteiger charge is -2.26. The predicted molar refractivity (Wildman–Crippen MR) is 110 cm³/mol. The van der Waals surface area contributed by atoms with Crippen molar-refractivity contribution in [2.24, 2.45) is 0 Å². The van der Waals surface area contributed by atoms with Gasteiger partial charge in [0.05, 0.1) is 7.11 Å². The summed E-state index contributed by atoms with van der Waals surface area (Å²) in [6.45, 7) is 0.707. The van der Waals surface area contributed by atoms with Gasteiger partial charge >= 0.3 is 6.03 Å². The summed E-state index contributed by atoms with van der Waals surface area (Å²) in [7, 11) is 1.66. The van der Waals surface area contributed by atoms with Crippen LogP contribution in [0.1, 0.15) is 10.9 Å². The van der Waals surface area contributed by atoms with Gasteiger partial charge < -0.3 is 15.0 Å². The summed E-state index contributed by atoms with van der Waals surface area (Å²) in [6.07, 6.45) is 2.02. The van der Waals surface area contributed by atoms with E-state index < -0.39 is 0 Å². The fourth-order valence-electron chi connectivity index (χ4n) is 2.73. The SMILES string of the molecule is COc1ccc(Br)cc1C1SCCN1C(=O)Nc1cccc(SC)c1. The Hall–Kier alpha value is -1.31. The van der Waals surface area contributed by atoms with E-state index in [1.807, 2.05) is 53.6 Å². The van der Waals surface area contributed by atoms with Crippen molar-refractivity contribution < 1.29 is 9.53 Å². The van der Waals surface area contributed by atoms with Crippen molar-refractivity contribution in [3.63, 3.8) is 0 Å². The molecule has 1 saturated heterocycles. The lowest BCUT2D eigenvalue weighted by molar-refractivity contribution is 0.213. The highest BCUT2D eigenvalue weighted by Gasteiger charge is 2.32. The number of carbonyl (C=O) groups is 1. The molecule has 0 saturated carbocycles. The number of methoxy groups -OCH3 is 1. The highest BCUT2D eigenvalue weighted by molar-refractivity contribution is 9.10. The van der Waals surface area contributed by atoms with Crippen LogP contribution < -0.4 is 10.1 Å². The van der Waals surface area contributed by atoms with Crippen LogP contribution in [0.4, 0.5) is 10.5 Å². The lowest BCUT2D eigenvalue weighted by Crippen LogP contribution is -2.34. The van der Waals surface area contributed by atoms with Gasteiger partial charge in [-0.3, -0.25) is 0 Å². The number of halogens is 1. The second kappa shape index (κ2) is 8.38. The second-order valence-corrected chi connectivity index (χ2v) is 8.45. The molecule has 1 N–H and O–H groups in total. The molecule has 1 heterocycles. The van der Waals surface area contributed by atoms with E-state index in [0.717, 1.165) is 32.1 Å². The first-order chi connectivity index (χ1) is 12.1. The molecule has 132 valence electrons. The molecule has 1 fully saturated rings. The van der Waals surface area contributed by atoms with Crippen LogP contribution >= 0.6 is 39.5 Å². The Morgan fingerprint density at radius 1 is 1.36 bits per heavy atom. The quantitative estimate of drug-likeness (QED) is 0.643. The molecule has 0 aromatic heterocycles. The van der Waals surface area contributed by atoms with E-state index in [1.165, 1.54) is 0 Å². The summed E-state index contributed by atoms with van der Waals surface area (Å²) in [5.74, 6) is 1.70. The molecule has 4 nitrogen and oxygen atoms in total. The normalized spacial score (nSPS) is 16.8. The van der Waals surface area contributed by atoms with Crippen molar-refractivity contribution in [1.29, 1.82) is 0 Å². The molecule has 3 rings (SSSR count). The average Bonchev–Trinajstić information content (AvgIpc) is 3.11. The third kappa shape index (κ3) is 4.27. The molecule has 2 amide bonds. The third-order valence-electron chi connectivity index (χ3n) is 3.93.